The van der Waals surface area contributed by atoms with Crippen LogP contribution in [0.1, 0.15) is 70.9 Å². The minimum absolute atomic E-state index is 0.0778. The maximum absolute atomic E-state index is 13.3. The molecule has 0 aliphatic rings. The summed E-state index contributed by atoms with van der Waals surface area (Å²) in [5.74, 6) is 0.391. The average molecular weight is 494 g/mol. The van der Waals surface area contributed by atoms with E-state index in [2.05, 4.69) is 38.6 Å². The molecule has 0 spiro atoms. The van der Waals surface area contributed by atoms with Crippen LogP contribution in [0.5, 0.6) is 0 Å². The third-order valence-electron chi connectivity index (χ3n) is 6.25. The Balaban J connectivity index is 2.19. The fraction of sp³-hybridized carbons (Fsp3) is 0.467. The number of rotatable bonds is 16. The van der Waals surface area contributed by atoms with Gasteiger partial charge in [-0.15, -0.1) is 0 Å². The van der Waals surface area contributed by atoms with E-state index in [9.17, 15) is 9.59 Å². The highest BCUT2D eigenvalue weighted by Gasteiger charge is 2.30. The highest BCUT2D eigenvalue weighted by atomic mass is 16.6. The summed E-state index contributed by atoms with van der Waals surface area (Å²) in [6, 6.07) is 18.8. The van der Waals surface area contributed by atoms with Crippen molar-refractivity contribution in [1.29, 1.82) is 0 Å². The lowest BCUT2D eigenvalue weighted by molar-refractivity contribution is -0.151. The maximum atomic E-state index is 13.3. The summed E-state index contributed by atoms with van der Waals surface area (Å²) in [4.78, 5) is 32.2. The largest absolute Gasteiger partial charge is 0.273 e. The molecule has 6 heteroatoms. The Morgan fingerprint density at radius 1 is 0.972 bits per heavy atom. The van der Waals surface area contributed by atoms with Gasteiger partial charge in [-0.2, -0.15) is 0 Å². The molecule has 0 aliphatic carbocycles. The van der Waals surface area contributed by atoms with Gasteiger partial charge in [0.25, 0.3) is 5.91 Å². The summed E-state index contributed by atoms with van der Waals surface area (Å²) in [6.07, 6.45) is 7.43. The molecule has 2 N–H and O–H groups in total. The molecule has 2 aromatic carbocycles. The van der Waals surface area contributed by atoms with Crippen LogP contribution in [-0.2, 0) is 21.0 Å². The summed E-state index contributed by atoms with van der Waals surface area (Å²) in [7, 11) is 0. The predicted octanol–water partition coefficient (Wildman–Crippen LogP) is 5.91. The molecule has 36 heavy (non-hydrogen) atoms. The number of nitrogens with one attached hydrogen (secondary N) is 2. The number of carbonyl (C=O) groups is 2. The van der Waals surface area contributed by atoms with E-state index in [1.807, 2.05) is 72.8 Å². The number of benzene rings is 2. The van der Waals surface area contributed by atoms with Crippen molar-refractivity contribution in [1.82, 2.24) is 15.9 Å². The van der Waals surface area contributed by atoms with Crippen LogP contribution >= 0.6 is 0 Å². The zero-order valence-electron chi connectivity index (χ0n) is 22.3. The molecule has 0 saturated carbocycles. The number of hydrazine groups is 1. The molecule has 0 radical (unpaired) electrons. The third kappa shape index (κ3) is 10.8. The van der Waals surface area contributed by atoms with E-state index in [0.717, 1.165) is 30.4 Å². The van der Waals surface area contributed by atoms with Gasteiger partial charge in [-0.1, -0.05) is 113 Å². The molecular formula is C30H43N3O3. The summed E-state index contributed by atoms with van der Waals surface area (Å²) in [5.41, 5.74) is 7.90. The smallest absolute Gasteiger partial charge is 0.268 e. The number of hydroxylamine groups is 1. The minimum atomic E-state index is -0.741. The summed E-state index contributed by atoms with van der Waals surface area (Å²) >= 11 is 0. The van der Waals surface area contributed by atoms with E-state index in [-0.39, 0.29) is 18.4 Å². The normalized spacial score (nSPS) is 12.3. The van der Waals surface area contributed by atoms with Crippen molar-refractivity contribution in [2.45, 2.75) is 72.4 Å². The molecule has 6 nitrogen and oxygen atoms in total. The summed E-state index contributed by atoms with van der Waals surface area (Å²) in [6.45, 7) is 9.37. The van der Waals surface area contributed by atoms with E-state index >= 15 is 0 Å². The first-order valence-corrected chi connectivity index (χ1v) is 13.2. The van der Waals surface area contributed by atoms with Crippen LogP contribution in [0.4, 0.5) is 0 Å². The molecule has 0 saturated heterocycles. The van der Waals surface area contributed by atoms with Crippen LogP contribution in [0.15, 0.2) is 66.7 Å². The van der Waals surface area contributed by atoms with Crippen LogP contribution in [0.25, 0.3) is 6.08 Å². The van der Waals surface area contributed by atoms with Gasteiger partial charge < -0.3 is 0 Å². The molecular weight excluding hydrogens is 450 g/mol. The molecule has 0 bridgehead atoms. The fourth-order valence-electron chi connectivity index (χ4n) is 3.77. The van der Waals surface area contributed by atoms with Crippen LogP contribution in [0, 0.1) is 11.8 Å². The molecule has 2 aromatic rings. The molecule has 1 atom stereocenters. The molecule has 196 valence electrons. The molecule has 0 heterocycles. The van der Waals surface area contributed by atoms with Gasteiger partial charge in [0.05, 0.1) is 6.61 Å². The molecule has 0 unspecified atom stereocenters. The topological polar surface area (TPSA) is 70.7 Å². The van der Waals surface area contributed by atoms with Crippen molar-refractivity contribution in [2.75, 3.05) is 6.54 Å². The summed E-state index contributed by atoms with van der Waals surface area (Å²) in [5, 5.41) is 1.54. The van der Waals surface area contributed by atoms with Gasteiger partial charge in [0.15, 0.2) is 0 Å². The lowest BCUT2D eigenvalue weighted by atomic mass is 10.0. The number of carbonyl (C=O) groups excluding carboxylic acids is 2. The van der Waals surface area contributed by atoms with Gasteiger partial charge in [0, 0.05) is 13.0 Å². The van der Waals surface area contributed by atoms with Crippen molar-refractivity contribution in [3.05, 3.63) is 77.9 Å². The van der Waals surface area contributed by atoms with Crippen molar-refractivity contribution < 1.29 is 14.4 Å². The van der Waals surface area contributed by atoms with Gasteiger partial charge in [0.1, 0.15) is 6.04 Å². The number of hydrogen-bond acceptors (Lipinski definition) is 4. The van der Waals surface area contributed by atoms with Gasteiger partial charge in [-0.05, 0) is 35.8 Å². The zero-order valence-corrected chi connectivity index (χ0v) is 22.3. The standard InChI is InChI=1S/C30H43N3O3/c1-5-25(6-2)22-31-33(29(34)21-20-24(3)4)28(19-13-18-26-14-9-7-10-15-26)30(35)32-36-23-27-16-11-8-12-17-27/h7-18,24-25,28,31H,5-6,19-23H2,1-4H3,(H,32,35)/t28-/m0/s1. The monoisotopic (exact) mass is 493 g/mol. The van der Waals surface area contributed by atoms with E-state index < -0.39 is 6.04 Å². The van der Waals surface area contributed by atoms with Gasteiger partial charge >= 0.3 is 0 Å². The number of nitrogens with zero attached hydrogens (tertiary/aromatic N) is 1. The number of hydrogen-bond donors (Lipinski definition) is 2. The lowest BCUT2D eigenvalue weighted by Crippen LogP contribution is -2.56. The molecule has 0 fully saturated rings. The van der Waals surface area contributed by atoms with Crippen molar-refractivity contribution in [2.24, 2.45) is 11.8 Å². The van der Waals surface area contributed by atoms with Crippen molar-refractivity contribution in [3.8, 4) is 0 Å². The first-order valence-electron chi connectivity index (χ1n) is 13.2. The zero-order chi connectivity index (χ0) is 26.2. The predicted molar refractivity (Wildman–Crippen MR) is 146 cm³/mol. The van der Waals surface area contributed by atoms with E-state index in [1.165, 1.54) is 5.01 Å². The number of amides is 2. The van der Waals surface area contributed by atoms with Crippen LogP contribution in [-0.4, -0.2) is 29.4 Å². The second kappa shape index (κ2) is 16.7. The van der Waals surface area contributed by atoms with Crippen LogP contribution in [0.3, 0.4) is 0 Å². The van der Waals surface area contributed by atoms with Crippen LogP contribution < -0.4 is 10.9 Å². The van der Waals surface area contributed by atoms with Crippen molar-refractivity contribution in [3.63, 3.8) is 0 Å². The van der Waals surface area contributed by atoms with E-state index in [1.54, 1.807) is 0 Å². The third-order valence-corrected chi connectivity index (χ3v) is 6.25. The first kappa shape index (κ1) is 29.3. The Labute approximate surface area is 217 Å². The van der Waals surface area contributed by atoms with Crippen LogP contribution in [0.2, 0.25) is 0 Å². The first-order chi connectivity index (χ1) is 17.4. The Morgan fingerprint density at radius 3 is 2.22 bits per heavy atom. The van der Waals surface area contributed by atoms with E-state index in [4.69, 9.17) is 4.84 Å². The molecule has 0 aromatic heterocycles. The van der Waals surface area contributed by atoms with Gasteiger partial charge in [0.2, 0.25) is 5.91 Å². The molecule has 0 aliphatic heterocycles. The average Bonchev–Trinajstić information content (AvgIpc) is 2.89. The Bertz CT molecular complexity index is 912. The Hall–Kier alpha value is -2.96. The SMILES string of the molecule is CCC(CC)CNN(C(=O)CCC(C)C)[C@@H](CC=Cc1ccccc1)C(=O)NOCc1ccccc1. The summed E-state index contributed by atoms with van der Waals surface area (Å²) < 4.78 is 0. The van der Waals surface area contributed by atoms with E-state index in [0.29, 0.717) is 31.2 Å². The molecule has 2 rings (SSSR count). The maximum Gasteiger partial charge on any atom is 0.268 e. The highest BCUT2D eigenvalue weighted by molar-refractivity contribution is 5.87. The van der Waals surface area contributed by atoms with Crippen molar-refractivity contribution >= 4 is 17.9 Å². The molecule has 2 amide bonds. The quantitative estimate of drug-likeness (QED) is 0.285. The lowest BCUT2D eigenvalue weighted by Gasteiger charge is -2.32. The minimum Gasteiger partial charge on any atom is -0.273 e. The Morgan fingerprint density at radius 2 is 1.61 bits per heavy atom. The second-order valence-corrected chi connectivity index (χ2v) is 9.55. The Kier molecular flexibility index (Phi) is 13.5. The second-order valence-electron chi connectivity index (χ2n) is 9.55. The highest BCUT2D eigenvalue weighted by Crippen LogP contribution is 2.14. The van der Waals surface area contributed by atoms with Gasteiger partial charge in [-0.25, -0.2) is 10.9 Å². The fourth-order valence-corrected chi connectivity index (χ4v) is 3.77. The van der Waals surface area contributed by atoms with Gasteiger partial charge in [-0.3, -0.25) is 19.4 Å².